The Labute approximate surface area is 138 Å². The van der Waals surface area contributed by atoms with Gasteiger partial charge in [0.2, 0.25) is 11.8 Å². The molecule has 0 aromatic heterocycles. The second kappa shape index (κ2) is 7.99. The van der Waals surface area contributed by atoms with Crippen LogP contribution < -0.4 is 9.64 Å². The van der Waals surface area contributed by atoms with E-state index in [1.807, 2.05) is 29.2 Å². The maximum Gasteiger partial charge on any atom is 0.224 e. The van der Waals surface area contributed by atoms with Crippen molar-refractivity contribution in [3.05, 3.63) is 24.3 Å². The molecule has 1 aliphatic heterocycles. The normalized spacial score (nSPS) is 15.3. The Morgan fingerprint density at radius 1 is 1.26 bits per heavy atom. The molecule has 5 heteroatoms. The topological polar surface area (TPSA) is 49.9 Å². The summed E-state index contributed by atoms with van der Waals surface area (Å²) in [5.74, 6) is 1.37. The smallest absolute Gasteiger partial charge is 0.224 e. The van der Waals surface area contributed by atoms with Crippen LogP contribution in [0.1, 0.15) is 33.1 Å². The van der Waals surface area contributed by atoms with Gasteiger partial charge >= 0.3 is 0 Å². The standard InChI is InChI=1S/C18H26N2O3/c1-14-8-11-19(12-9-14)18(22)10-13-20(15(2)21)16-6-4-5-7-17(16)23-3/h4-7,14H,8-13H2,1-3H3. The van der Waals surface area contributed by atoms with Crippen LogP contribution in [0.3, 0.4) is 0 Å². The second-order valence-electron chi connectivity index (χ2n) is 6.16. The molecule has 2 rings (SSSR count). The van der Waals surface area contributed by atoms with E-state index in [1.54, 1.807) is 12.0 Å². The Hall–Kier alpha value is -2.04. The molecule has 1 aromatic carbocycles. The van der Waals surface area contributed by atoms with Gasteiger partial charge in [-0.05, 0) is 30.9 Å². The minimum Gasteiger partial charge on any atom is -0.495 e. The van der Waals surface area contributed by atoms with Crippen LogP contribution >= 0.6 is 0 Å². The first-order chi connectivity index (χ1) is 11.0. The summed E-state index contributed by atoms with van der Waals surface area (Å²) in [5, 5.41) is 0. The molecule has 0 aliphatic carbocycles. The molecular weight excluding hydrogens is 292 g/mol. The van der Waals surface area contributed by atoms with Gasteiger partial charge in [-0.1, -0.05) is 19.1 Å². The van der Waals surface area contributed by atoms with Crippen LogP contribution in [0.15, 0.2) is 24.3 Å². The zero-order chi connectivity index (χ0) is 16.8. The molecule has 1 heterocycles. The van der Waals surface area contributed by atoms with Crippen molar-refractivity contribution in [2.75, 3.05) is 31.6 Å². The quantitative estimate of drug-likeness (QED) is 0.839. The minimum atomic E-state index is -0.0884. The van der Waals surface area contributed by atoms with Gasteiger partial charge in [-0.15, -0.1) is 0 Å². The van der Waals surface area contributed by atoms with E-state index in [-0.39, 0.29) is 11.8 Å². The minimum absolute atomic E-state index is 0.0884. The second-order valence-corrected chi connectivity index (χ2v) is 6.16. The molecule has 126 valence electrons. The summed E-state index contributed by atoms with van der Waals surface area (Å²) < 4.78 is 5.32. The molecule has 2 amide bonds. The maximum absolute atomic E-state index is 12.4. The van der Waals surface area contributed by atoms with Gasteiger partial charge in [0.25, 0.3) is 0 Å². The maximum atomic E-state index is 12.4. The number of piperidine rings is 1. The van der Waals surface area contributed by atoms with Crippen LogP contribution in [0.2, 0.25) is 0 Å². The molecule has 0 spiro atoms. The number of benzene rings is 1. The first-order valence-corrected chi connectivity index (χ1v) is 8.21. The molecule has 1 saturated heterocycles. The van der Waals surface area contributed by atoms with Crippen LogP contribution in [-0.2, 0) is 9.59 Å². The lowest BCUT2D eigenvalue weighted by Gasteiger charge is -2.31. The number of likely N-dealkylation sites (tertiary alicyclic amines) is 1. The summed E-state index contributed by atoms with van der Waals surface area (Å²) in [4.78, 5) is 27.9. The number of carbonyl (C=O) groups excluding carboxylic acids is 2. The fourth-order valence-corrected chi connectivity index (χ4v) is 2.92. The number of carbonyl (C=O) groups is 2. The van der Waals surface area contributed by atoms with Crippen molar-refractivity contribution in [2.24, 2.45) is 5.92 Å². The van der Waals surface area contributed by atoms with Gasteiger partial charge in [0.1, 0.15) is 5.75 Å². The molecule has 0 bridgehead atoms. The van der Waals surface area contributed by atoms with Crippen LogP contribution in [0.4, 0.5) is 5.69 Å². The summed E-state index contributed by atoms with van der Waals surface area (Å²) in [6.45, 7) is 5.77. The van der Waals surface area contributed by atoms with Gasteiger partial charge in [0, 0.05) is 33.0 Å². The largest absolute Gasteiger partial charge is 0.495 e. The van der Waals surface area contributed by atoms with Crippen LogP contribution in [0.25, 0.3) is 0 Å². The molecule has 1 fully saturated rings. The van der Waals surface area contributed by atoms with E-state index in [0.29, 0.717) is 30.3 Å². The van der Waals surface area contributed by atoms with E-state index in [2.05, 4.69) is 6.92 Å². The predicted octanol–water partition coefficient (Wildman–Crippen LogP) is 2.70. The number of hydrogen-bond acceptors (Lipinski definition) is 3. The highest BCUT2D eigenvalue weighted by Gasteiger charge is 2.22. The Bertz CT molecular complexity index is 551. The predicted molar refractivity (Wildman–Crippen MR) is 90.6 cm³/mol. The lowest BCUT2D eigenvalue weighted by atomic mass is 9.99. The Morgan fingerprint density at radius 3 is 2.52 bits per heavy atom. The van der Waals surface area contributed by atoms with Crippen LogP contribution in [0.5, 0.6) is 5.75 Å². The first-order valence-electron chi connectivity index (χ1n) is 8.21. The summed E-state index contributed by atoms with van der Waals surface area (Å²) in [5.41, 5.74) is 0.711. The van der Waals surface area contributed by atoms with Crippen molar-refractivity contribution < 1.29 is 14.3 Å². The van der Waals surface area contributed by atoms with E-state index in [0.717, 1.165) is 25.9 Å². The number of anilines is 1. The van der Waals surface area contributed by atoms with Crippen molar-refractivity contribution >= 4 is 17.5 Å². The Morgan fingerprint density at radius 2 is 1.91 bits per heavy atom. The van der Waals surface area contributed by atoms with Crippen molar-refractivity contribution in [2.45, 2.75) is 33.1 Å². The third kappa shape index (κ3) is 4.47. The fourth-order valence-electron chi connectivity index (χ4n) is 2.92. The van der Waals surface area contributed by atoms with Crippen molar-refractivity contribution in [3.8, 4) is 5.75 Å². The number of amides is 2. The van der Waals surface area contributed by atoms with E-state index in [4.69, 9.17) is 4.74 Å². The number of rotatable bonds is 5. The van der Waals surface area contributed by atoms with Gasteiger partial charge < -0.3 is 14.5 Å². The number of para-hydroxylation sites is 2. The average Bonchev–Trinajstić information content (AvgIpc) is 2.55. The lowest BCUT2D eigenvalue weighted by Crippen LogP contribution is -2.40. The molecule has 1 aromatic rings. The molecule has 1 aliphatic rings. The molecule has 23 heavy (non-hydrogen) atoms. The van der Waals surface area contributed by atoms with Gasteiger partial charge in [-0.3, -0.25) is 9.59 Å². The summed E-state index contributed by atoms with van der Waals surface area (Å²) in [6, 6.07) is 7.38. The number of methoxy groups -OCH3 is 1. The third-order valence-electron chi connectivity index (χ3n) is 4.44. The number of ether oxygens (including phenoxy) is 1. The van der Waals surface area contributed by atoms with Gasteiger partial charge in [-0.25, -0.2) is 0 Å². The van der Waals surface area contributed by atoms with Crippen molar-refractivity contribution in [1.82, 2.24) is 4.90 Å². The molecule has 0 saturated carbocycles. The van der Waals surface area contributed by atoms with Gasteiger partial charge in [-0.2, -0.15) is 0 Å². The Kier molecular flexibility index (Phi) is 6.02. The first kappa shape index (κ1) is 17.3. The zero-order valence-electron chi connectivity index (χ0n) is 14.2. The molecule has 5 nitrogen and oxygen atoms in total. The monoisotopic (exact) mass is 318 g/mol. The van der Waals surface area contributed by atoms with E-state index in [9.17, 15) is 9.59 Å². The molecule has 0 N–H and O–H groups in total. The number of hydrogen-bond donors (Lipinski definition) is 0. The lowest BCUT2D eigenvalue weighted by molar-refractivity contribution is -0.132. The Balaban J connectivity index is 2.00. The summed E-state index contributed by atoms with van der Waals surface area (Å²) >= 11 is 0. The molecule has 0 radical (unpaired) electrons. The molecular formula is C18H26N2O3. The van der Waals surface area contributed by atoms with E-state index in [1.165, 1.54) is 6.92 Å². The highest BCUT2D eigenvalue weighted by Crippen LogP contribution is 2.28. The highest BCUT2D eigenvalue weighted by atomic mass is 16.5. The van der Waals surface area contributed by atoms with Gasteiger partial charge in [0.15, 0.2) is 0 Å². The molecule has 0 unspecified atom stereocenters. The average molecular weight is 318 g/mol. The SMILES string of the molecule is COc1ccccc1N(CCC(=O)N1CCC(C)CC1)C(C)=O. The third-order valence-corrected chi connectivity index (χ3v) is 4.44. The number of nitrogens with zero attached hydrogens (tertiary/aromatic N) is 2. The van der Waals surface area contributed by atoms with Gasteiger partial charge in [0.05, 0.1) is 12.8 Å². The summed E-state index contributed by atoms with van der Waals surface area (Å²) in [6.07, 6.45) is 2.47. The van der Waals surface area contributed by atoms with Crippen LogP contribution in [-0.4, -0.2) is 43.5 Å². The zero-order valence-corrected chi connectivity index (χ0v) is 14.2. The van der Waals surface area contributed by atoms with E-state index < -0.39 is 0 Å². The highest BCUT2D eigenvalue weighted by molar-refractivity contribution is 5.93. The van der Waals surface area contributed by atoms with Crippen LogP contribution in [0, 0.1) is 5.92 Å². The van der Waals surface area contributed by atoms with E-state index >= 15 is 0 Å². The molecule has 0 atom stereocenters. The fraction of sp³-hybridized carbons (Fsp3) is 0.556. The van der Waals surface area contributed by atoms with Crippen molar-refractivity contribution in [1.29, 1.82) is 0 Å². The summed E-state index contributed by atoms with van der Waals surface area (Å²) in [7, 11) is 1.58. The van der Waals surface area contributed by atoms with Crippen molar-refractivity contribution in [3.63, 3.8) is 0 Å².